The Balaban J connectivity index is 1.43. The molecule has 0 atom stereocenters. The number of rotatable bonds is 6. The molecule has 2 aromatic rings. The summed E-state index contributed by atoms with van der Waals surface area (Å²) in [6.07, 6.45) is 3.57. The SMILES string of the molecule is O=C(c1ccccc1)C1CCN(C(=O)CCCc2ccc(Cl)c(Cl)c2)CC1. The van der Waals surface area contributed by atoms with Gasteiger partial charge in [0.05, 0.1) is 10.0 Å². The van der Waals surface area contributed by atoms with Crippen molar-refractivity contribution in [2.75, 3.05) is 13.1 Å². The van der Waals surface area contributed by atoms with Crippen molar-refractivity contribution in [1.82, 2.24) is 4.90 Å². The van der Waals surface area contributed by atoms with E-state index in [1.165, 1.54) is 0 Å². The van der Waals surface area contributed by atoms with E-state index in [0.29, 0.717) is 29.6 Å². The van der Waals surface area contributed by atoms with Gasteiger partial charge in [0.25, 0.3) is 0 Å². The van der Waals surface area contributed by atoms with Gasteiger partial charge in [0.2, 0.25) is 5.91 Å². The Morgan fingerprint density at radius 1 is 0.963 bits per heavy atom. The average Bonchev–Trinajstić information content (AvgIpc) is 2.71. The fourth-order valence-electron chi connectivity index (χ4n) is 3.53. The number of carbonyl (C=O) groups is 2. The van der Waals surface area contributed by atoms with Gasteiger partial charge in [0, 0.05) is 31.0 Å². The summed E-state index contributed by atoms with van der Waals surface area (Å²) in [6, 6.07) is 15.0. The van der Waals surface area contributed by atoms with Crippen molar-refractivity contribution < 1.29 is 9.59 Å². The standard InChI is InChI=1S/C22H23Cl2NO2/c23-19-10-9-16(15-20(19)24)5-4-8-21(26)25-13-11-18(12-14-25)22(27)17-6-2-1-3-7-17/h1-3,6-7,9-10,15,18H,4-5,8,11-14H2. The fourth-order valence-corrected chi connectivity index (χ4v) is 3.85. The first kappa shape index (κ1) is 19.9. The second-order valence-corrected chi connectivity index (χ2v) is 7.80. The maximum Gasteiger partial charge on any atom is 0.222 e. The maximum atomic E-state index is 12.5. The van der Waals surface area contributed by atoms with Gasteiger partial charge in [-0.3, -0.25) is 9.59 Å². The van der Waals surface area contributed by atoms with Gasteiger partial charge >= 0.3 is 0 Å². The molecule has 2 aromatic carbocycles. The summed E-state index contributed by atoms with van der Waals surface area (Å²) in [7, 11) is 0. The van der Waals surface area contributed by atoms with Gasteiger partial charge in [-0.2, -0.15) is 0 Å². The van der Waals surface area contributed by atoms with E-state index in [1.54, 1.807) is 6.07 Å². The van der Waals surface area contributed by atoms with Gasteiger partial charge in [0.1, 0.15) is 0 Å². The number of nitrogens with zero attached hydrogens (tertiary/aromatic N) is 1. The summed E-state index contributed by atoms with van der Waals surface area (Å²) in [5.74, 6) is 0.385. The lowest BCUT2D eigenvalue weighted by Crippen LogP contribution is -2.40. The topological polar surface area (TPSA) is 37.4 Å². The van der Waals surface area contributed by atoms with Crippen LogP contribution in [0, 0.1) is 5.92 Å². The van der Waals surface area contributed by atoms with Crippen LogP contribution in [-0.2, 0) is 11.2 Å². The minimum Gasteiger partial charge on any atom is -0.343 e. The molecule has 1 aliphatic rings. The van der Waals surface area contributed by atoms with Crippen LogP contribution in [0.25, 0.3) is 0 Å². The lowest BCUT2D eigenvalue weighted by Gasteiger charge is -2.31. The number of likely N-dealkylation sites (tertiary alicyclic amines) is 1. The summed E-state index contributed by atoms with van der Waals surface area (Å²) < 4.78 is 0. The first-order valence-corrected chi connectivity index (χ1v) is 10.1. The van der Waals surface area contributed by atoms with E-state index >= 15 is 0 Å². The smallest absolute Gasteiger partial charge is 0.222 e. The Hall–Kier alpha value is -1.84. The lowest BCUT2D eigenvalue weighted by atomic mass is 9.89. The second-order valence-electron chi connectivity index (χ2n) is 6.99. The van der Waals surface area contributed by atoms with Crippen molar-refractivity contribution in [2.45, 2.75) is 32.1 Å². The van der Waals surface area contributed by atoms with Crippen LogP contribution in [0.1, 0.15) is 41.6 Å². The molecule has 1 fully saturated rings. The highest BCUT2D eigenvalue weighted by Gasteiger charge is 2.27. The molecule has 0 N–H and O–H groups in total. The molecule has 1 aliphatic heterocycles. The van der Waals surface area contributed by atoms with Gasteiger partial charge in [-0.05, 0) is 43.4 Å². The molecule has 142 valence electrons. The molecule has 0 saturated carbocycles. The highest BCUT2D eigenvalue weighted by molar-refractivity contribution is 6.42. The average molecular weight is 404 g/mol. The quantitative estimate of drug-likeness (QED) is 0.602. The van der Waals surface area contributed by atoms with Crippen molar-refractivity contribution in [3.63, 3.8) is 0 Å². The van der Waals surface area contributed by atoms with E-state index in [1.807, 2.05) is 47.4 Å². The lowest BCUT2D eigenvalue weighted by molar-refractivity contribution is -0.132. The van der Waals surface area contributed by atoms with Crippen LogP contribution in [-0.4, -0.2) is 29.7 Å². The van der Waals surface area contributed by atoms with Crippen LogP contribution in [0.3, 0.4) is 0 Å². The molecule has 0 aliphatic carbocycles. The van der Waals surface area contributed by atoms with Crippen LogP contribution in [0.15, 0.2) is 48.5 Å². The molecule has 27 heavy (non-hydrogen) atoms. The van der Waals surface area contributed by atoms with Gasteiger partial charge in [-0.25, -0.2) is 0 Å². The molecule has 3 rings (SSSR count). The molecule has 0 aromatic heterocycles. The molecule has 0 bridgehead atoms. The highest BCUT2D eigenvalue weighted by atomic mass is 35.5. The third kappa shape index (κ3) is 5.33. The van der Waals surface area contributed by atoms with Gasteiger partial charge in [-0.1, -0.05) is 59.6 Å². The van der Waals surface area contributed by atoms with E-state index in [-0.39, 0.29) is 17.6 Å². The Morgan fingerprint density at radius 2 is 1.67 bits per heavy atom. The summed E-state index contributed by atoms with van der Waals surface area (Å²) >= 11 is 11.9. The molecule has 3 nitrogen and oxygen atoms in total. The van der Waals surface area contributed by atoms with E-state index in [4.69, 9.17) is 23.2 Å². The predicted octanol–water partition coefficient (Wildman–Crippen LogP) is 5.44. The predicted molar refractivity (Wildman–Crippen MR) is 109 cm³/mol. The molecule has 1 heterocycles. The van der Waals surface area contributed by atoms with E-state index < -0.39 is 0 Å². The number of benzene rings is 2. The van der Waals surface area contributed by atoms with Crippen LogP contribution in [0.5, 0.6) is 0 Å². The molecule has 1 amide bonds. The zero-order valence-corrected chi connectivity index (χ0v) is 16.7. The number of amides is 1. The largest absolute Gasteiger partial charge is 0.343 e. The molecular formula is C22H23Cl2NO2. The van der Waals surface area contributed by atoms with E-state index in [2.05, 4.69) is 0 Å². The number of Topliss-reactive ketones (excluding diaryl/α,β-unsaturated/α-hetero) is 1. The number of hydrogen-bond donors (Lipinski definition) is 0. The Kier molecular flexibility index (Phi) is 6.92. The molecule has 0 spiro atoms. The number of ketones is 1. The zero-order valence-electron chi connectivity index (χ0n) is 15.2. The summed E-state index contributed by atoms with van der Waals surface area (Å²) in [4.78, 5) is 26.9. The van der Waals surface area contributed by atoms with Crippen molar-refractivity contribution in [1.29, 1.82) is 0 Å². The van der Waals surface area contributed by atoms with E-state index in [0.717, 1.165) is 36.8 Å². The van der Waals surface area contributed by atoms with Crippen molar-refractivity contribution in [3.05, 3.63) is 69.7 Å². The molecule has 1 saturated heterocycles. The van der Waals surface area contributed by atoms with Gasteiger partial charge < -0.3 is 4.90 Å². The number of aryl methyl sites for hydroxylation is 1. The first-order chi connectivity index (χ1) is 13.0. The van der Waals surface area contributed by atoms with Crippen molar-refractivity contribution >= 4 is 34.9 Å². The zero-order chi connectivity index (χ0) is 19.2. The third-order valence-electron chi connectivity index (χ3n) is 5.12. The van der Waals surface area contributed by atoms with Crippen LogP contribution < -0.4 is 0 Å². The minimum absolute atomic E-state index is 0.0210. The summed E-state index contributed by atoms with van der Waals surface area (Å²) in [5, 5.41) is 1.09. The number of hydrogen-bond acceptors (Lipinski definition) is 2. The van der Waals surface area contributed by atoms with Crippen molar-refractivity contribution in [2.24, 2.45) is 5.92 Å². The normalized spacial score (nSPS) is 15.0. The highest BCUT2D eigenvalue weighted by Crippen LogP contribution is 2.24. The first-order valence-electron chi connectivity index (χ1n) is 9.35. The van der Waals surface area contributed by atoms with Gasteiger partial charge in [0.15, 0.2) is 5.78 Å². The number of carbonyl (C=O) groups excluding carboxylic acids is 2. The minimum atomic E-state index is 0.0210. The van der Waals surface area contributed by atoms with E-state index in [9.17, 15) is 9.59 Å². The van der Waals surface area contributed by atoms with Crippen LogP contribution in [0.4, 0.5) is 0 Å². The Morgan fingerprint density at radius 3 is 2.33 bits per heavy atom. The second kappa shape index (κ2) is 9.38. The molecule has 5 heteroatoms. The maximum absolute atomic E-state index is 12.5. The molecular weight excluding hydrogens is 381 g/mol. The number of piperidine rings is 1. The van der Waals surface area contributed by atoms with Crippen LogP contribution >= 0.6 is 23.2 Å². The third-order valence-corrected chi connectivity index (χ3v) is 5.86. The Bertz CT molecular complexity index is 799. The molecule has 0 radical (unpaired) electrons. The fraction of sp³-hybridized carbons (Fsp3) is 0.364. The van der Waals surface area contributed by atoms with Gasteiger partial charge in [-0.15, -0.1) is 0 Å². The Labute approximate surface area is 170 Å². The number of halogens is 2. The summed E-state index contributed by atoms with van der Waals surface area (Å²) in [5.41, 5.74) is 1.85. The van der Waals surface area contributed by atoms with Crippen LogP contribution in [0.2, 0.25) is 10.0 Å². The monoisotopic (exact) mass is 403 g/mol. The molecule has 0 unspecified atom stereocenters. The summed E-state index contributed by atoms with van der Waals surface area (Å²) in [6.45, 7) is 1.32. The van der Waals surface area contributed by atoms with Crippen molar-refractivity contribution in [3.8, 4) is 0 Å².